The molecule has 0 aliphatic carbocycles. The molecule has 1 unspecified atom stereocenters. The van der Waals surface area contributed by atoms with Crippen LogP contribution in [0.25, 0.3) is 0 Å². The van der Waals surface area contributed by atoms with Crippen LogP contribution in [0.3, 0.4) is 0 Å². The Balaban J connectivity index is 2.59. The summed E-state index contributed by atoms with van der Waals surface area (Å²) < 4.78 is 13.7. The van der Waals surface area contributed by atoms with E-state index in [0.29, 0.717) is 6.54 Å². The molecule has 1 rings (SSSR count). The molecule has 2 amide bonds. The fraction of sp³-hybridized carbons (Fsp3) is 0.556. The Hall–Kier alpha value is -1.91. The number of halogens is 1. The Morgan fingerprint density at radius 1 is 1.13 bits per heavy atom. The van der Waals surface area contributed by atoms with E-state index in [9.17, 15) is 14.0 Å². The van der Waals surface area contributed by atoms with Crippen molar-refractivity contribution in [1.82, 2.24) is 10.6 Å². The summed E-state index contributed by atoms with van der Waals surface area (Å²) in [5, 5.41) is 5.48. The van der Waals surface area contributed by atoms with Crippen LogP contribution in [0.5, 0.6) is 0 Å². The van der Waals surface area contributed by atoms with Gasteiger partial charge in [0.05, 0.1) is 5.56 Å². The summed E-state index contributed by atoms with van der Waals surface area (Å²) in [5.74, 6) is -1.46. The van der Waals surface area contributed by atoms with Crippen molar-refractivity contribution >= 4 is 11.8 Å². The van der Waals surface area contributed by atoms with Crippen molar-refractivity contribution in [2.75, 3.05) is 6.54 Å². The summed E-state index contributed by atoms with van der Waals surface area (Å²) in [5.41, 5.74) is -0.0473. The normalized spacial score (nSPS) is 12.0. The van der Waals surface area contributed by atoms with Crippen molar-refractivity contribution in [3.63, 3.8) is 0 Å². The Bertz CT molecular complexity index is 517. The molecule has 128 valence electrons. The number of benzene rings is 1. The van der Waals surface area contributed by atoms with Crippen LogP contribution in [0, 0.1) is 11.7 Å². The zero-order valence-corrected chi connectivity index (χ0v) is 14.2. The van der Waals surface area contributed by atoms with Gasteiger partial charge < -0.3 is 10.6 Å². The minimum Gasteiger partial charge on any atom is -0.354 e. The highest BCUT2D eigenvalue weighted by Crippen LogP contribution is 2.09. The smallest absolute Gasteiger partial charge is 0.254 e. The van der Waals surface area contributed by atoms with E-state index in [0.717, 1.165) is 25.7 Å². The molecule has 2 N–H and O–H groups in total. The predicted octanol–water partition coefficient (Wildman–Crippen LogP) is 3.28. The summed E-state index contributed by atoms with van der Waals surface area (Å²) >= 11 is 0. The molecule has 0 fully saturated rings. The third-order valence-electron chi connectivity index (χ3n) is 3.68. The van der Waals surface area contributed by atoms with E-state index >= 15 is 0 Å². The van der Waals surface area contributed by atoms with Crippen LogP contribution in [0.2, 0.25) is 0 Å². The van der Waals surface area contributed by atoms with Gasteiger partial charge >= 0.3 is 0 Å². The molecular weight excluding hydrogens is 295 g/mol. The first-order valence-electron chi connectivity index (χ1n) is 8.30. The number of hydrogen-bond acceptors (Lipinski definition) is 2. The third kappa shape index (κ3) is 6.38. The molecule has 0 heterocycles. The van der Waals surface area contributed by atoms with Crippen molar-refractivity contribution in [2.24, 2.45) is 5.92 Å². The van der Waals surface area contributed by atoms with E-state index in [2.05, 4.69) is 17.6 Å². The summed E-state index contributed by atoms with van der Waals surface area (Å²) in [4.78, 5) is 24.4. The summed E-state index contributed by atoms with van der Waals surface area (Å²) in [6.07, 6.45) is 4.28. The Morgan fingerprint density at radius 3 is 2.43 bits per heavy atom. The molecule has 23 heavy (non-hydrogen) atoms. The predicted molar refractivity (Wildman–Crippen MR) is 89.6 cm³/mol. The SMILES string of the molecule is CCCCCCNC(=O)C(NC(=O)c1ccccc1F)C(C)C. The van der Waals surface area contributed by atoms with Crippen molar-refractivity contribution in [2.45, 2.75) is 52.5 Å². The van der Waals surface area contributed by atoms with E-state index in [1.54, 1.807) is 6.07 Å². The van der Waals surface area contributed by atoms with Gasteiger partial charge in [-0.1, -0.05) is 52.2 Å². The van der Waals surface area contributed by atoms with Gasteiger partial charge in [0.2, 0.25) is 5.91 Å². The Morgan fingerprint density at radius 2 is 1.83 bits per heavy atom. The first-order chi connectivity index (χ1) is 11.0. The van der Waals surface area contributed by atoms with Crippen molar-refractivity contribution in [3.8, 4) is 0 Å². The maximum absolute atomic E-state index is 13.7. The van der Waals surface area contributed by atoms with E-state index in [1.165, 1.54) is 18.2 Å². The van der Waals surface area contributed by atoms with E-state index in [-0.39, 0.29) is 17.4 Å². The minimum absolute atomic E-state index is 0.0473. The van der Waals surface area contributed by atoms with Crippen molar-refractivity contribution in [1.29, 1.82) is 0 Å². The molecular formula is C18H27FN2O2. The van der Waals surface area contributed by atoms with Crippen LogP contribution in [0.1, 0.15) is 56.8 Å². The topological polar surface area (TPSA) is 58.2 Å². The Kier molecular flexibility index (Phi) is 8.30. The molecule has 0 saturated heterocycles. The molecule has 0 bridgehead atoms. The van der Waals surface area contributed by atoms with Crippen LogP contribution in [-0.2, 0) is 4.79 Å². The van der Waals surface area contributed by atoms with E-state index in [1.807, 2.05) is 13.8 Å². The largest absolute Gasteiger partial charge is 0.354 e. The quantitative estimate of drug-likeness (QED) is 0.686. The molecule has 4 nitrogen and oxygen atoms in total. The lowest BCUT2D eigenvalue weighted by Gasteiger charge is -2.22. The summed E-state index contributed by atoms with van der Waals surface area (Å²) in [6, 6.07) is 5.08. The highest BCUT2D eigenvalue weighted by molar-refractivity contribution is 5.97. The lowest BCUT2D eigenvalue weighted by atomic mass is 10.0. The van der Waals surface area contributed by atoms with E-state index in [4.69, 9.17) is 0 Å². The van der Waals surface area contributed by atoms with Gasteiger partial charge in [0.15, 0.2) is 0 Å². The molecule has 5 heteroatoms. The van der Waals surface area contributed by atoms with Crippen molar-refractivity contribution < 1.29 is 14.0 Å². The van der Waals surface area contributed by atoms with Gasteiger partial charge in [-0.15, -0.1) is 0 Å². The second-order valence-corrected chi connectivity index (χ2v) is 6.03. The lowest BCUT2D eigenvalue weighted by molar-refractivity contribution is -0.123. The molecule has 0 spiro atoms. The van der Waals surface area contributed by atoms with Crippen LogP contribution >= 0.6 is 0 Å². The number of carbonyl (C=O) groups is 2. The first kappa shape index (κ1) is 19.1. The Labute approximate surface area is 137 Å². The van der Waals surface area contributed by atoms with E-state index < -0.39 is 17.8 Å². The number of nitrogens with one attached hydrogen (secondary N) is 2. The molecule has 0 aliphatic heterocycles. The zero-order valence-electron chi connectivity index (χ0n) is 14.2. The van der Waals surface area contributed by atoms with Crippen LogP contribution in [-0.4, -0.2) is 24.4 Å². The first-order valence-corrected chi connectivity index (χ1v) is 8.30. The highest BCUT2D eigenvalue weighted by Gasteiger charge is 2.25. The average molecular weight is 322 g/mol. The van der Waals surface area contributed by atoms with Crippen LogP contribution in [0.4, 0.5) is 4.39 Å². The molecule has 0 aromatic heterocycles. The molecule has 1 atom stereocenters. The minimum atomic E-state index is -0.673. The van der Waals surface area contributed by atoms with Gasteiger partial charge in [-0.2, -0.15) is 0 Å². The number of carbonyl (C=O) groups excluding carboxylic acids is 2. The van der Waals surface area contributed by atoms with Crippen LogP contribution in [0.15, 0.2) is 24.3 Å². The third-order valence-corrected chi connectivity index (χ3v) is 3.68. The highest BCUT2D eigenvalue weighted by atomic mass is 19.1. The van der Waals surface area contributed by atoms with Crippen LogP contribution < -0.4 is 10.6 Å². The van der Waals surface area contributed by atoms with Gasteiger partial charge in [-0.05, 0) is 24.5 Å². The van der Waals surface area contributed by atoms with Gasteiger partial charge in [-0.3, -0.25) is 9.59 Å². The van der Waals surface area contributed by atoms with Gasteiger partial charge in [-0.25, -0.2) is 4.39 Å². The monoisotopic (exact) mass is 322 g/mol. The second kappa shape index (κ2) is 9.98. The number of rotatable bonds is 9. The molecule has 1 aromatic rings. The summed E-state index contributed by atoms with van der Waals surface area (Å²) in [6.45, 7) is 6.43. The number of amides is 2. The lowest BCUT2D eigenvalue weighted by Crippen LogP contribution is -2.50. The van der Waals surface area contributed by atoms with Gasteiger partial charge in [0.1, 0.15) is 11.9 Å². The maximum Gasteiger partial charge on any atom is 0.254 e. The molecule has 1 aromatic carbocycles. The number of hydrogen-bond donors (Lipinski definition) is 2. The van der Waals surface area contributed by atoms with Gasteiger partial charge in [0.25, 0.3) is 5.91 Å². The molecule has 0 saturated carbocycles. The standard InChI is InChI=1S/C18H27FN2O2/c1-4-5-6-9-12-20-18(23)16(13(2)3)21-17(22)14-10-7-8-11-15(14)19/h7-8,10-11,13,16H,4-6,9,12H2,1-3H3,(H,20,23)(H,21,22). The van der Waals surface area contributed by atoms with Gasteiger partial charge in [0, 0.05) is 6.54 Å². The molecule has 0 radical (unpaired) electrons. The fourth-order valence-electron chi connectivity index (χ4n) is 2.27. The fourth-order valence-corrected chi connectivity index (χ4v) is 2.27. The van der Waals surface area contributed by atoms with Crippen molar-refractivity contribution in [3.05, 3.63) is 35.6 Å². The summed E-state index contributed by atoms with van der Waals surface area (Å²) in [7, 11) is 0. The molecule has 0 aliphatic rings. The zero-order chi connectivity index (χ0) is 17.2. The second-order valence-electron chi connectivity index (χ2n) is 6.03. The average Bonchev–Trinajstić information content (AvgIpc) is 2.52. The number of unbranched alkanes of at least 4 members (excludes halogenated alkanes) is 3. The maximum atomic E-state index is 13.7.